The van der Waals surface area contributed by atoms with Crippen molar-refractivity contribution in [2.24, 2.45) is 0 Å². The van der Waals surface area contributed by atoms with Crippen molar-refractivity contribution >= 4 is 18.4 Å². The fourth-order valence-electron chi connectivity index (χ4n) is 2.27. The number of methoxy groups -OCH3 is 1. The predicted molar refractivity (Wildman–Crippen MR) is 77.8 cm³/mol. The number of piperazine rings is 1. The van der Waals surface area contributed by atoms with Gasteiger partial charge in [0.1, 0.15) is 0 Å². The van der Waals surface area contributed by atoms with E-state index < -0.39 is 0 Å². The summed E-state index contributed by atoms with van der Waals surface area (Å²) in [6.45, 7) is 6.20. The lowest BCUT2D eigenvalue weighted by Crippen LogP contribution is -2.49. The number of carbonyl (C=O) groups is 1. The Hall–Kier alpha value is -1.10. The fourth-order valence-corrected chi connectivity index (χ4v) is 2.27. The molecule has 19 heavy (non-hydrogen) atoms. The molecule has 0 unspecified atom stereocenters. The quantitative estimate of drug-likeness (QED) is 0.858. The van der Waals surface area contributed by atoms with Crippen molar-refractivity contribution in [3.05, 3.63) is 35.4 Å². The summed E-state index contributed by atoms with van der Waals surface area (Å²) >= 11 is 0. The average molecular weight is 285 g/mol. The molecule has 1 aromatic carbocycles. The number of hydrogen-bond donors (Lipinski definition) is 1. The SMILES string of the molecule is COC(=O)c1cccc(CN2CCNC[C@@H]2C)c1.Cl. The van der Waals surface area contributed by atoms with Gasteiger partial charge in [0.15, 0.2) is 0 Å². The van der Waals surface area contributed by atoms with Gasteiger partial charge in [-0.3, -0.25) is 4.90 Å². The van der Waals surface area contributed by atoms with Gasteiger partial charge in [-0.2, -0.15) is 0 Å². The van der Waals surface area contributed by atoms with Gasteiger partial charge >= 0.3 is 5.97 Å². The zero-order chi connectivity index (χ0) is 13.0. The maximum atomic E-state index is 11.5. The van der Waals surface area contributed by atoms with Crippen molar-refractivity contribution in [1.82, 2.24) is 10.2 Å². The van der Waals surface area contributed by atoms with E-state index in [0.29, 0.717) is 11.6 Å². The number of esters is 1. The molecule has 1 heterocycles. The normalized spacial score (nSPS) is 19.6. The number of rotatable bonds is 3. The van der Waals surface area contributed by atoms with Crippen molar-refractivity contribution in [1.29, 1.82) is 0 Å². The first kappa shape index (κ1) is 16.0. The molecule has 0 spiro atoms. The Morgan fingerprint density at radius 1 is 1.53 bits per heavy atom. The van der Waals surface area contributed by atoms with Crippen molar-refractivity contribution in [2.75, 3.05) is 26.7 Å². The van der Waals surface area contributed by atoms with Gasteiger partial charge in [-0.05, 0) is 24.6 Å². The highest BCUT2D eigenvalue weighted by Gasteiger charge is 2.18. The van der Waals surface area contributed by atoms with E-state index in [1.165, 1.54) is 7.11 Å². The molecule has 1 N–H and O–H groups in total. The average Bonchev–Trinajstić information content (AvgIpc) is 2.41. The monoisotopic (exact) mass is 284 g/mol. The summed E-state index contributed by atoms with van der Waals surface area (Å²) in [6.07, 6.45) is 0. The second kappa shape index (κ2) is 7.48. The zero-order valence-corrected chi connectivity index (χ0v) is 12.2. The number of nitrogens with one attached hydrogen (secondary N) is 1. The Kier molecular flexibility index (Phi) is 6.28. The largest absolute Gasteiger partial charge is 0.465 e. The van der Waals surface area contributed by atoms with Gasteiger partial charge in [-0.25, -0.2) is 4.79 Å². The lowest BCUT2D eigenvalue weighted by molar-refractivity contribution is 0.0600. The van der Waals surface area contributed by atoms with Gasteiger partial charge in [-0.1, -0.05) is 12.1 Å². The molecule has 0 amide bonds. The van der Waals surface area contributed by atoms with Gasteiger partial charge in [0.25, 0.3) is 0 Å². The minimum Gasteiger partial charge on any atom is -0.465 e. The van der Waals surface area contributed by atoms with Crippen LogP contribution in [0.4, 0.5) is 0 Å². The molecule has 0 aliphatic carbocycles. The van der Waals surface area contributed by atoms with Crippen molar-refractivity contribution in [3.8, 4) is 0 Å². The molecule has 1 aliphatic heterocycles. The van der Waals surface area contributed by atoms with E-state index in [9.17, 15) is 4.79 Å². The zero-order valence-electron chi connectivity index (χ0n) is 11.4. The number of ether oxygens (including phenoxy) is 1. The molecular weight excluding hydrogens is 264 g/mol. The van der Waals surface area contributed by atoms with Crippen LogP contribution in [0, 0.1) is 0 Å². The van der Waals surface area contributed by atoms with Gasteiger partial charge in [0.2, 0.25) is 0 Å². The van der Waals surface area contributed by atoms with E-state index in [1.54, 1.807) is 6.07 Å². The molecule has 1 atom stereocenters. The Morgan fingerprint density at radius 2 is 2.32 bits per heavy atom. The summed E-state index contributed by atoms with van der Waals surface area (Å²) < 4.78 is 4.74. The minimum atomic E-state index is -0.273. The van der Waals surface area contributed by atoms with Crippen molar-refractivity contribution in [3.63, 3.8) is 0 Å². The molecule has 0 radical (unpaired) electrons. The van der Waals surface area contributed by atoms with Crippen LogP contribution >= 0.6 is 12.4 Å². The summed E-state index contributed by atoms with van der Waals surface area (Å²) in [6, 6.07) is 8.20. The van der Waals surface area contributed by atoms with Crippen LogP contribution in [0.1, 0.15) is 22.8 Å². The van der Waals surface area contributed by atoms with Gasteiger partial charge in [0.05, 0.1) is 12.7 Å². The maximum absolute atomic E-state index is 11.5. The number of halogens is 1. The molecule has 5 heteroatoms. The number of benzene rings is 1. The smallest absolute Gasteiger partial charge is 0.337 e. The first-order valence-electron chi connectivity index (χ1n) is 6.32. The Bertz CT molecular complexity index is 426. The Balaban J connectivity index is 0.00000180. The highest BCUT2D eigenvalue weighted by molar-refractivity contribution is 5.89. The van der Waals surface area contributed by atoms with E-state index in [4.69, 9.17) is 4.74 Å². The van der Waals surface area contributed by atoms with Gasteiger partial charge in [-0.15, -0.1) is 12.4 Å². The molecule has 1 saturated heterocycles. The van der Waals surface area contributed by atoms with Crippen molar-refractivity contribution in [2.45, 2.75) is 19.5 Å². The molecule has 4 nitrogen and oxygen atoms in total. The molecular formula is C14H21ClN2O2. The first-order valence-corrected chi connectivity index (χ1v) is 6.32. The third-order valence-electron chi connectivity index (χ3n) is 3.37. The summed E-state index contributed by atoms with van der Waals surface area (Å²) in [7, 11) is 1.41. The van der Waals surface area contributed by atoms with Crippen LogP contribution in [0.15, 0.2) is 24.3 Å². The van der Waals surface area contributed by atoms with Crippen LogP contribution in [0.2, 0.25) is 0 Å². The van der Waals surface area contributed by atoms with Crippen LogP contribution in [0.25, 0.3) is 0 Å². The van der Waals surface area contributed by atoms with E-state index >= 15 is 0 Å². The lowest BCUT2D eigenvalue weighted by Gasteiger charge is -2.33. The third-order valence-corrected chi connectivity index (χ3v) is 3.37. The van der Waals surface area contributed by atoms with Crippen LogP contribution in [0.3, 0.4) is 0 Å². The fraction of sp³-hybridized carbons (Fsp3) is 0.500. The highest BCUT2D eigenvalue weighted by atomic mass is 35.5. The Labute approximate surface area is 120 Å². The third kappa shape index (κ3) is 4.20. The van der Waals surface area contributed by atoms with E-state index in [0.717, 1.165) is 31.7 Å². The number of hydrogen-bond acceptors (Lipinski definition) is 4. The standard InChI is InChI=1S/C14H20N2O2.ClH/c1-11-9-15-6-7-16(11)10-12-4-3-5-13(8-12)14(17)18-2;/h3-5,8,11,15H,6-7,9-10H2,1-2H3;1H/t11-;/m0./s1. The number of carbonyl (C=O) groups excluding carboxylic acids is 1. The summed E-state index contributed by atoms with van der Waals surface area (Å²) in [5.41, 5.74) is 1.78. The number of nitrogens with zero attached hydrogens (tertiary/aromatic N) is 1. The van der Waals surface area contributed by atoms with Crippen LogP contribution in [0.5, 0.6) is 0 Å². The molecule has 2 rings (SSSR count). The first-order chi connectivity index (χ1) is 8.70. The van der Waals surface area contributed by atoms with Crippen LogP contribution < -0.4 is 5.32 Å². The molecule has 1 aromatic rings. The maximum Gasteiger partial charge on any atom is 0.337 e. The van der Waals surface area contributed by atoms with Crippen LogP contribution in [-0.4, -0.2) is 43.7 Å². The molecule has 0 aromatic heterocycles. The van der Waals surface area contributed by atoms with Crippen LogP contribution in [-0.2, 0) is 11.3 Å². The Morgan fingerprint density at radius 3 is 3.00 bits per heavy atom. The summed E-state index contributed by atoms with van der Waals surface area (Å²) in [5.74, 6) is -0.273. The predicted octanol–water partition coefficient (Wildman–Crippen LogP) is 1.69. The van der Waals surface area contributed by atoms with E-state index in [1.807, 2.05) is 12.1 Å². The molecule has 0 saturated carbocycles. The molecule has 1 fully saturated rings. The second-order valence-corrected chi connectivity index (χ2v) is 4.72. The van der Waals surface area contributed by atoms with Crippen molar-refractivity contribution < 1.29 is 9.53 Å². The molecule has 106 valence electrons. The van der Waals surface area contributed by atoms with E-state index in [-0.39, 0.29) is 18.4 Å². The lowest BCUT2D eigenvalue weighted by atomic mass is 10.1. The second-order valence-electron chi connectivity index (χ2n) is 4.72. The topological polar surface area (TPSA) is 41.6 Å². The highest BCUT2D eigenvalue weighted by Crippen LogP contribution is 2.12. The van der Waals surface area contributed by atoms with E-state index in [2.05, 4.69) is 23.2 Å². The molecule has 0 bridgehead atoms. The van der Waals surface area contributed by atoms with Gasteiger partial charge < -0.3 is 10.1 Å². The summed E-state index contributed by atoms with van der Waals surface area (Å²) in [4.78, 5) is 13.9. The van der Waals surface area contributed by atoms with Gasteiger partial charge in [0, 0.05) is 32.2 Å². The minimum absolute atomic E-state index is 0. The molecule has 1 aliphatic rings. The summed E-state index contributed by atoms with van der Waals surface area (Å²) in [5, 5.41) is 3.37.